The number of nitrogens with zero attached hydrogens (tertiary/aromatic N) is 4. The normalized spacial score (nSPS) is 15.0. The van der Waals surface area contributed by atoms with Crippen LogP contribution in [0.1, 0.15) is 36.2 Å². The molecule has 5 nitrogen and oxygen atoms in total. The van der Waals surface area contributed by atoms with Gasteiger partial charge in [0, 0.05) is 34.6 Å². The summed E-state index contributed by atoms with van der Waals surface area (Å²) in [7, 11) is 0. The molecule has 1 aliphatic carbocycles. The second-order valence-electron chi connectivity index (χ2n) is 6.28. The fraction of sp³-hybridized carbons (Fsp3) is 0.263. The van der Waals surface area contributed by atoms with Crippen LogP contribution in [0.5, 0.6) is 0 Å². The molecule has 0 N–H and O–H groups in total. The van der Waals surface area contributed by atoms with Gasteiger partial charge in [-0.3, -0.25) is 14.3 Å². The lowest BCUT2D eigenvalue weighted by molar-refractivity contribution is 0.0994. The number of Topliss-reactive ketones (excluding diaryl/α,β-unsaturated/α-hetero) is 1. The Hall–Kier alpha value is -2.18. The second-order valence-corrected chi connectivity index (χ2v) is 8.02. The van der Waals surface area contributed by atoms with E-state index in [1.54, 1.807) is 36.7 Å². The van der Waals surface area contributed by atoms with E-state index in [4.69, 9.17) is 11.6 Å². The lowest BCUT2D eigenvalue weighted by atomic mass is 10.1. The van der Waals surface area contributed by atoms with Crippen molar-refractivity contribution in [2.24, 2.45) is 0 Å². The number of benzene rings is 1. The van der Waals surface area contributed by atoms with Gasteiger partial charge in [0.25, 0.3) is 0 Å². The molecule has 1 fully saturated rings. The van der Waals surface area contributed by atoms with Crippen LogP contribution in [0.2, 0.25) is 5.02 Å². The molecule has 0 bridgehead atoms. The van der Waals surface area contributed by atoms with E-state index in [-0.39, 0.29) is 11.0 Å². The van der Waals surface area contributed by atoms with Crippen LogP contribution in [-0.4, -0.2) is 30.8 Å². The van der Waals surface area contributed by atoms with Crippen molar-refractivity contribution >= 4 is 29.1 Å². The van der Waals surface area contributed by atoms with E-state index in [0.717, 1.165) is 29.4 Å². The molecule has 26 heavy (non-hydrogen) atoms. The first kappa shape index (κ1) is 17.2. The molecule has 7 heteroatoms. The van der Waals surface area contributed by atoms with Crippen LogP contribution in [0, 0.1) is 0 Å². The van der Waals surface area contributed by atoms with Gasteiger partial charge in [-0.1, -0.05) is 23.4 Å². The summed E-state index contributed by atoms with van der Waals surface area (Å²) >= 11 is 7.35. The zero-order valence-electron chi connectivity index (χ0n) is 14.2. The first-order valence-electron chi connectivity index (χ1n) is 8.45. The van der Waals surface area contributed by atoms with Crippen LogP contribution >= 0.6 is 23.4 Å². The van der Waals surface area contributed by atoms with E-state index in [9.17, 15) is 4.79 Å². The van der Waals surface area contributed by atoms with Gasteiger partial charge >= 0.3 is 0 Å². The van der Waals surface area contributed by atoms with Crippen molar-refractivity contribution in [2.45, 2.75) is 36.2 Å². The Morgan fingerprint density at radius 2 is 2.00 bits per heavy atom. The smallest absolute Gasteiger partial charge is 0.192 e. The third-order valence-corrected chi connectivity index (χ3v) is 5.59. The molecule has 4 rings (SSSR count). The minimum absolute atomic E-state index is 0.0555. The Balaban J connectivity index is 1.59. The van der Waals surface area contributed by atoms with Crippen LogP contribution < -0.4 is 0 Å². The number of pyridine rings is 1. The van der Waals surface area contributed by atoms with Gasteiger partial charge in [-0.05, 0) is 56.2 Å². The highest BCUT2D eigenvalue weighted by molar-refractivity contribution is 8.00. The Bertz CT molecular complexity index is 922. The number of aromatic nitrogens is 4. The molecule has 1 aromatic carbocycles. The molecule has 0 unspecified atom stereocenters. The van der Waals surface area contributed by atoms with E-state index in [1.807, 2.05) is 19.1 Å². The minimum atomic E-state index is -0.264. The molecule has 1 atom stereocenters. The molecule has 1 saturated carbocycles. The largest absolute Gasteiger partial charge is 0.299 e. The van der Waals surface area contributed by atoms with Gasteiger partial charge in [-0.25, -0.2) is 0 Å². The molecular weight excluding hydrogens is 368 g/mol. The van der Waals surface area contributed by atoms with Crippen LogP contribution in [0.4, 0.5) is 0 Å². The van der Waals surface area contributed by atoms with Gasteiger partial charge in [0.2, 0.25) is 0 Å². The maximum Gasteiger partial charge on any atom is 0.192 e. The summed E-state index contributed by atoms with van der Waals surface area (Å²) in [6, 6.07) is 11.3. The van der Waals surface area contributed by atoms with Crippen molar-refractivity contribution in [1.82, 2.24) is 19.7 Å². The lowest BCUT2D eigenvalue weighted by Crippen LogP contribution is -2.14. The van der Waals surface area contributed by atoms with Crippen LogP contribution in [0.25, 0.3) is 11.4 Å². The van der Waals surface area contributed by atoms with Crippen molar-refractivity contribution in [2.75, 3.05) is 0 Å². The predicted octanol–water partition coefficient (Wildman–Crippen LogP) is 4.69. The van der Waals surface area contributed by atoms with Crippen molar-refractivity contribution in [3.8, 4) is 11.4 Å². The van der Waals surface area contributed by atoms with Gasteiger partial charge in [0.1, 0.15) is 0 Å². The highest BCUT2D eigenvalue weighted by Gasteiger charge is 2.31. The minimum Gasteiger partial charge on any atom is -0.299 e. The Morgan fingerprint density at radius 3 is 2.65 bits per heavy atom. The van der Waals surface area contributed by atoms with E-state index in [1.165, 1.54) is 11.8 Å². The van der Waals surface area contributed by atoms with Gasteiger partial charge < -0.3 is 0 Å². The monoisotopic (exact) mass is 384 g/mol. The van der Waals surface area contributed by atoms with E-state index >= 15 is 0 Å². The molecule has 0 aliphatic heterocycles. The molecule has 0 radical (unpaired) electrons. The van der Waals surface area contributed by atoms with Gasteiger partial charge in [0.05, 0.1) is 5.25 Å². The molecule has 1 aliphatic rings. The number of thioether (sulfide) groups is 1. The molecule has 0 saturated heterocycles. The van der Waals surface area contributed by atoms with Gasteiger partial charge in [-0.15, -0.1) is 10.2 Å². The summed E-state index contributed by atoms with van der Waals surface area (Å²) in [5.41, 5.74) is 1.59. The average Bonchev–Trinajstić information content (AvgIpc) is 3.42. The third kappa shape index (κ3) is 3.52. The average molecular weight is 385 g/mol. The number of carbonyl (C=O) groups is 1. The number of ketones is 1. The molecular formula is C19H17ClN4OS. The summed E-state index contributed by atoms with van der Waals surface area (Å²) < 4.78 is 2.15. The highest BCUT2D eigenvalue weighted by Crippen LogP contribution is 2.41. The maximum absolute atomic E-state index is 12.7. The predicted molar refractivity (Wildman–Crippen MR) is 103 cm³/mol. The van der Waals surface area contributed by atoms with Crippen molar-refractivity contribution in [1.29, 1.82) is 0 Å². The zero-order chi connectivity index (χ0) is 18.1. The number of carbonyl (C=O) groups excluding carboxylic acids is 1. The molecule has 0 spiro atoms. The molecule has 3 aromatic rings. The number of rotatable bonds is 6. The lowest BCUT2D eigenvalue weighted by Gasteiger charge is -2.12. The van der Waals surface area contributed by atoms with Crippen LogP contribution in [-0.2, 0) is 0 Å². The quantitative estimate of drug-likeness (QED) is 0.455. The SMILES string of the molecule is C[C@H](Sc1nnc(-c2cccnc2)n1C1CC1)C(=O)c1ccc(Cl)cc1. The van der Waals surface area contributed by atoms with Crippen LogP contribution in [0.3, 0.4) is 0 Å². The Labute approximate surface area is 160 Å². The first-order chi connectivity index (χ1) is 12.6. The second kappa shape index (κ2) is 7.21. The van der Waals surface area contributed by atoms with Crippen LogP contribution in [0.15, 0.2) is 53.9 Å². The molecule has 2 aromatic heterocycles. The summed E-state index contributed by atoms with van der Waals surface area (Å²) in [6.45, 7) is 1.90. The topological polar surface area (TPSA) is 60.7 Å². The van der Waals surface area contributed by atoms with E-state index < -0.39 is 0 Å². The van der Waals surface area contributed by atoms with Gasteiger partial charge in [0.15, 0.2) is 16.8 Å². The first-order valence-corrected chi connectivity index (χ1v) is 9.71. The Kier molecular flexibility index (Phi) is 4.78. The number of hydrogen-bond donors (Lipinski definition) is 0. The van der Waals surface area contributed by atoms with Crippen molar-refractivity contribution in [3.63, 3.8) is 0 Å². The molecule has 132 valence electrons. The summed E-state index contributed by atoms with van der Waals surface area (Å²) in [4.78, 5) is 16.9. The summed E-state index contributed by atoms with van der Waals surface area (Å²) in [6.07, 6.45) is 5.75. The number of halogens is 1. The summed E-state index contributed by atoms with van der Waals surface area (Å²) in [5.74, 6) is 0.870. The van der Waals surface area contributed by atoms with E-state index in [0.29, 0.717) is 16.6 Å². The molecule has 0 amide bonds. The standard InChI is InChI=1S/C19H17ClN4OS/c1-12(17(25)13-4-6-15(20)7-5-13)26-19-23-22-18(24(19)16-8-9-16)14-3-2-10-21-11-14/h2-7,10-12,16H,8-9H2,1H3/t12-/m0/s1. The fourth-order valence-corrected chi connectivity index (χ4v) is 3.89. The van der Waals surface area contributed by atoms with E-state index in [2.05, 4.69) is 19.7 Å². The highest BCUT2D eigenvalue weighted by atomic mass is 35.5. The summed E-state index contributed by atoms with van der Waals surface area (Å²) in [5, 5.41) is 9.86. The number of hydrogen-bond acceptors (Lipinski definition) is 5. The zero-order valence-corrected chi connectivity index (χ0v) is 15.7. The van der Waals surface area contributed by atoms with Crippen molar-refractivity contribution in [3.05, 3.63) is 59.4 Å². The van der Waals surface area contributed by atoms with Gasteiger partial charge in [-0.2, -0.15) is 0 Å². The maximum atomic E-state index is 12.7. The van der Waals surface area contributed by atoms with Crippen molar-refractivity contribution < 1.29 is 4.79 Å². The third-order valence-electron chi connectivity index (χ3n) is 4.28. The fourth-order valence-electron chi connectivity index (χ4n) is 2.77. The molecule has 2 heterocycles. The Morgan fingerprint density at radius 1 is 1.23 bits per heavy atom.